The largest absolute Gasteiger partial charge is 0.467 e. The van der Waals surface area contributed by atoms with Gasteiger partial charge >= 0.3 is 6.01 Å². The fraction of sp³-hybridized carbons (Fsp3) is 0.577. The zero-order valence-corrected chi connectivity index (χ0v) is 20.3. The zero-order chi connectivity index (χ0) is 24.4. The van der Waals surface area contributed by atoms with Gasteiger partial charge in [0.25, 0.3) is 0 Å². The van der Waals surface area contributed by atoms with E-state index in [4.69, 9.17) is 20.7 Å². The summed E-state index contributed by atoms with van der Waals surface area (Å²) in [7, 11) is 1.61. The van der Waals surface area contributed by atoms with Gasteiger partial charge in [-0.25, -0.2) is 4.68 Å². The minimum Gasteiger partial charge on any atom is -0.467 e. The van der Waals surface area contributed by atoms with E-state index in [1.807, 2.05) is 16.9 Å². The molecule has 4 aliphatic heterocycles. The van der Waals surface area contributed by atoms with Crippen molar-refractivity contribution in [2.24, 2.45) is 0 Å². The average molecular weight is 478 g/mol. The first kappa shape index (κ1) is 20.4. The van der Waals surface area contributed by atoms with Crippen molar-refractivity contribution >= 4 is 16.7 Å². The number of aromatic nitrogens is 4. The number of rotatable bonds is 5. The van der Waals surface area contributed by atoms with Crippen LogP contribution in [-0.2, 0) is 9.47 Å². The lowest BCUT2D eigenvalue weighted by atomic mass is 9.85. The fourth-order valence-corrected chi connectivity index (χ4v) is 6.14. The molecule has 35 heavy (non-hydrogen) atoms. The number of nitrogens with zero attached hydrogens (tertiary/aromatic N) is 6. The molecular formula is C26H32N6O3. The third-order valence-corrected chi connectivity index (χ3v) is 8.15. The second-order valence-electron chi connectivity index (χ2n) is 10.2. The Balaban J connectivity index is 1.21. The van der Waals surface area contributed by atoms with Crippen LogP contribution in [0.5, 0.6) is 6.01 Å². The summed E-state index contributed by atoms with van der Waals surface area (Å²) in [5.74, 6) is 2.04. The first-order chi connectivity index (χ1) is 17.5. The van der Waals surface area contributed by atoms with Gasteiger partial charge in [-0.15, -0.1) is 0 Å². The number of hydrogen-bond donors (Lipinski definition) is 0. The third-order valence-electron chi connectivity index (χ3n) is 8.15. The first-order valence-corrected chi connectivity index (χ1v) is 12.6. The Kier molecular flexibility index (Phi) is 4.92. The van der Waals surface area contributed by atoms with Gasteiger partial charge in [-0.05, 0) is 68.5 Å². The minimum atomic E-state index is -0.521. The van der Waals surface area contributed by atoms with Crippen LogP contribution in [0.15, 0.2) is 24.4 Å². The van der Waals surface area contributed by atoms with E-state index in [0.29, 0.717) is 37.0 Å². The summed E-state index contributed by atoms with van der Waals surface area (Å²) in [4.78, 5) is 13.9. The molecule has 0 N–H and O–H groups in total. The summed E-state index contributed by atoms with van der Waals surface area (Å²) >= 11 is 0. The molecule has 4 saturated heterocycles. The molecule has 0 aliphatic carbocycles. The molecule has 0 amide bonds. The van der Waals surface area contributed by atoms with E-state index >= 15 is 0 Å². The van der Waals surface area contributed by atoms with E-state index < -0.39 is 6.02 Å². The number of piperidine rings is 1. The van der Waals surface area contributed by atoms with Crippen molar-refractivity contribution < 1.29 is 15.6 Å². The molecule has 0 radical (unpaired) electrons. The second kappa shape index (κ2) is 8.43. The van der Waals surface area contributed by atoms with E-state index in [0.717, 1.165) is 62.2 Å². The highest BCUT2D eigenvalue weighted by Gasteiger charge is 2.40. The van der Waals surface area contributed by atoms with Gasteiger partial charge in [0.2, 0.25) is 0 Å². The summed E-state index contributed by atoms with van der Waals surface area (Å²) in [5.41, 5.74) is 3.70. The Morgan fingerprint density at radius 2 is 1.91 bits per heavy atom. The van der Waals surface area contributed by atoms with Gasteiger partial charge in [-0.1, -0.05) is 0 Å². The van der Waals surface area contributed by atoms with Crippen molar-refractivity contribution in [3.8, 4) is 11.8 Å². The van der Waals surface area contributed by atoms with Crippen molar-refractivity contribution in [3.63, 3.8) is 0 Å². The number of likely N-dealkylation sites (tertiary alicyclic amines) is 1. The van der Waals surface area contributed by atoms with Crippen LogP contribution in [0.3, 0.4) is 0 Å². The molecule has 2 aromatic heterocycles. The van der Waals surface area contributed by atoms with E-state index in [1.165, 1.54) is 11.1 Å². The van der Waals surface area contributed by atoms with Gasteiger partial charge in [0, 0.05) is 18.0 Å². The summed E-state index contributed by atoms with van der Waals surface area (Å²) in [5, 5.41) is 5.82. The number of fused-ring (bicyclic) bond motifs is 3. The summed E-state index contributed by atoms with van der Waals surface area (Å²) in [6, 6.07) is 6.73. The molecule has 2 bridgehead atoms. The molecule has 3 aromatic rings. The predicted octanol–water partition coefficient (Wildman–Crippen LogP) is 2.69. The Morgan fingerprint density at radius 3 is 2.60 bits per heavy atom. The third kappa shape index (κ3) is 3.68. The minimum absolute atomic E-state index is 0.281. The van der Waals surface area contributed by atoms with E-state index in [2.05, 4.69) is 38.8 Å². The molecule has 0 saturated carbocycles. The lowest BCUT2D eigenvalue weighted by Gasteiger charge is -2.41. The highest BCUT2D eigenvalue weighted by atomic mass is 16.5. The SMILES string of the molecule is [2H]C1(N2CCC(c3cc4c(cnn4-c4cc(N5C[C@@H]6C[C@H]5CO6)nc(OC)n4)cc3C)CC2)COC1. The van der Waals surface area contributed by atoms with Crippen molar-refractivity contribution in [1.29, 1.82) is 0 Å². The molecule has 6 heterocycles. The number of anilines is 1. The maximum atomic E-state index is 8.58. The van der Waals surface area contributed by atoms with Gasteiger partial charge in [0.05, 0.1) is 58.2 Å². The lowest BCUT2D eigenvalue weighted by Crippen LogP contribution is -2.51. The summed E-state index contributed by atoms with van der Waals surface area (Å²) < 4.78 is 27.1. The highest BCUT2D eigenvalue weighted by molar-refractivity contribution is 5.82. The monoisotopic (exact) mass is 477 g/mol. The molecule has 0 unspecified atom stereocenters. The van der Waals surface area contributed by atoms with Gasteiger partial charge in [0.1, 0.15) is 5.82 Å². The number of hydrogen-bond acceptors (Lipinski definition) is 8. The Morgan fingerprint density at radius 1 is 1.09 bits per heavy atom. The van der Waals surface area contributed by atoms with Crippen LogP contribution in [-0.4, -0.2) is 89.4 Å². The number of methoxy groups -OCH3 is 1. The molecule has 4 fully saturated rings. The van der Waals surface area contributed by atoms with Crippen LogP contribution in [0.1, 0.15) is 37.7 Å². The van der Waals surface area contributed by atoms with Crippen molar-refractivity contribution in [3.05, 3.63) is 35.5 Å². The van der Waals surface area contributed by atoms with Crippen LogP contribution >= 0.6 is 0 Å². The van der Waals surface area contributed by atoms with Gasteiger partial charge in [-0.2, -0.15) is 15.1 Å². The number of morpholine rings is 1. The molecule has 7 rings (SSSR count). The van der Waals surface area contributed by atoms with Gasteiger partial charge in [-0.3, -0.25) is 4.90 Å². The topological polar surface area (TPSA) is 77.8 Å². The summed E-state index contributed by atoms with van der Waals surface area (Å²) in [6.07, 6.45) is 5.33. The van der Waals surface area contributed by atoms with E-state index in [-0.39, 0.29) is 6.10 Å². The molecule has 1 aromatic carbocycles. The van der Waals surface area contributed by atoms with E-state index in [9.17, 15) is 0 Å². The van der Waals surface area contributed by atoms with Crippen molar-refractivity contribution in [1.82, 2.24) is 24.6 Å². The maximum absolute atomic E-state index is 8.58. The lowest BCUT2D eigenvalue weighted by molar-refractivity contribution is -0.0712. The number of ether oxygens (including phenoxy) is 3. The van der Waals surface area contributed by atoms with Crippen LogP contribution < -0.4 is 9.64 Å². The molecule has 0 spiro atoms. The first-order valence-electron chi connectivity index (χ1n) is 13.1. The Bertz CT molecular complexity index is 1300. The molecule has 2 atom stereocenters. The predicted molar refractivity (Wildman–Crippen MR) is 132 cm³/mol. The van der Waals surface area contributed by atoms with Crippen LogP contribution in [0, 0.1) is 6.92 Å². The quantitative estimate of drug-likeness (QED) is 0.555. The van der Waals surface area contributed by atoms with Crippen molar-refractivity contribution in [2.75, 3.05) is 51.5 Å². The molecular weight excluding hydrogens is 444 g/mol. The number of aryl methyl sites for hydroxylation is 1. The maximum Gasteiger partial charge on any atom is 0.320 e. The highest BCUT2D eigenvalue weighted by Crippen LogP contribution is 2.36. The Labute approximate surface area is 206 Å². The van der Waals surface area contributed by atoms with Gasteiger partial charge < -0.3 is 19.1 Å². The smallest absolute Gasteiger partial charge is 0.320 e. The van der Waals surface area contributed by atoms with Gasteiger partial charge in [0.15, 0.2) is 5.82 Å². The molecule has 9 heteroatoms. The number of benzene rings is 1. The standard InChI is InChI=1S/C26H32N6O3/c1-16-7-18-11-27-32(23(18)9-22(16)17-3-5-30(6-4-17)20-13-34-14-20)25-10-24(28-26(29-25)33-2)31-12-21-8-19(31)15-35-21/h7,9-11,17,19-21H,3-6,8,12-15H2,1-2H3/t19-,21-/m0/s1/i20D. The second-order valence-corrected chi connectivity index (χ2v) is 10.2. The summed E-state index contributed by atoms with van der Waals surface area (Å²) in [6.45, 7) is 6.70. The van der Waals surface area contributed by atoms with Crippen LogP contribution in [0.25, 0.3) is 16.7 Å². The van der Waals surface area contributed by atoms with Crippen LogP contribution in [0.4, 0.5) is 5.82 Å². The normalized spacial score (nSPS) is 26.8. The van der Waals surface area contributed by atoms with Crippen LogP contribution in [0.2, 0.25) is 0 Å². The Hall–Kier alpha value is -2.75. The molecule has 184 valence electrons. The average Bonchev–Trinajstić information content (AvgIpc) is 3.62. The van der Waals surface area contributed by atoms with E-state index in [1.54, 1.807) is 7.11 Å². The fourth-order valence-electron chi connectivity index (χ4n) is 6.14. The molecule has 4 aliphatic rings. The molecule has 9 nitrogen and oxygen atoms in total. The van der Waals surface area contributed by atoms with Crippen molar-refractivity contribution in [2.45, 2.75) is 50.3 Å². The zero-order valence-electron chi connectivity index (χ0n) is 21.3.